The van der Waals surface area contributed by atoms with Crippen LogP contribution in [0, 0.1) is 0 Å². The SMILES string of the molecule is COc1cccc2sc(NC(=O)c3cc(Br)ccc3Cl)nc12. The Balaban J connectivity index is 1.93. The number of fused-ring (bicyclic) bond motifs is 1. The van der Waals surface area contributed by atoms with Gasteiger partial charge >= 0.3 is 0 Å². The second-order valence-electron chi connectivity index (χ2n) is 4.40. The van der Waals surface area contributed by atoms with Crippen molar-refractivity contribution in [1.82, 2.24) is 4.98 Å². The number of halogens is 2. The molecule has 0 aliphatic carbocycles. The Hall–Kier alpha value is -1.63. The number of rotatable bonds is 3. The molecule has 4 nitrogen and oxygen atoms in total. The molecule has 1 aromatic heterocycles. The van der Waals surface area contributed by atoms with Crippen LogP contribution in [0.5, 0.6) is 5.75 Å². The van der Waals surface area contributed by atoms with E-state index in [0.717, 1.165) is 14.7 Å². The number of anilines is 1. The molecular weight excluding hydrogens is 388 g/mol. The average Bonchev–Trinajstić information content (AvgIpc) is 2.91. The summed E-state index contributed by atoms with van der Waals surface area (Å²) in [6, 6.07) is 10.8. The van der Waals surface area contributed by atoms with Gasteiger partial charge in [0.15, 0.2) is 5.13 Å². The van der Waals surface area contributed by atoms with E-state index in [0.29, 0.717) is 21.5 Å². The highest BCUT2D eigenvalue weighted by Gasteiger charge is 2.14. The molecule has 3 aromatic rings. The van der Waals surface area contributed by atoms with Crippen LogP contribution < -0.4 is 10.1 Å². The summed E-state index contributed by atoms with van der Waals surface area (Å²) < 4.78 is 6.99. The molecule has 7 heteroatoms. The summed E-state index contributed by atoms with van der Waals surface area (Å²) in [5, 5.41) is 3.66. The summed E-state index contributed by atoms with van der Waals surface area (Å²) in [5.74, 6) is 0.374. The standard InChI is InChI=1S/C15H10BrClN2O2S/c1-21-11-3-2-4-12-13(11)18-15(22-12)19-14(20)9-7-8(16)5-6-10(9)17/h2-7H,1H3,(H,18,19,20). The van der Waals surface area contributed by atoms with E-state index < -0.39 is 0 Å². The van der Waals surface area contributed by atoms with Gasteiger partial charge in [0.2, 0.25) is 0 Å². The van der Waals surface area contributed by atoms with Crippen LogP contribution in [0.1, 0.15) is 10.4 Å². The molecule has 3 rings (SSSR count). The Bertz CT molecular complexity index is 866. The number of ether oxygens (including phenoxy) is 1. The summed E-state index contributed by atoms with van der Waals surface area (Å²) in [6.45, 7) is 0. The number of thiazole rings is 1. The van der Waals surface area contributed by atoms with Crippen molar-refractivity contribution in [2.45, 2.75) is 0 Å². The van der Waals surface area contributed by atoms with Crippen molar-refractivity contribution in [3.63, 3.8) is 0 Å². The molecule has 112 valence electrons. The Kier molecular flexibility index (Phi) is 4.33. The lowest BCUT2D eigenvalue weighted by atomic mass is 10.2. The van der Waals surface area contributed by atoms with Crippen molar-refractivity contribution in [3.8, 4) is 5.75 Å². The Labute approximate surface area is 144 Å². The minimum absolute atomic E-state index is 0.302. The molecule has 0 radical (unpaired) electrons. The van der Waals surface area contributed by atoms with E-state index in [1.54, 1.807) is 25.3 Å². The van der Waals surface area contributed by atoms with Crippen LogP contribution in [-0.4, -0.2) is 18.0 Å². The lowest BCUT2D eigenvalue weighted by molar-refractivity contribution is 0.102. The number of carbonyl (C=O) groups excluding carboxylic acids is 1. The second-order valence-corrected chi connectivity index (χ2v) is 6.76. The third-order valence-corrected chi connectivity index (χ3v) is 4.75. The first-order valence-electron chi connectivity index (χ1n) is 6.28. The molecule has 0 aliphatic rings. The van der Waals surface area contributed by atoms with E-state index in [1.165, 1.54) is 11.3 Å². The molecule has 0 saturated carbocycles. The molecule has 1 heterocycles. The van der Waals surface area contributed by atoms with Gasteiger partial charge in [-0.1, -0.05) is 44.9 Å². The summed E-state index contributed by atoms with van der Waals surface area (Å²) in [4.78, 5) is 16.7. The van der Waals surface area contributed by atoms with Gasteiger partial charge in [-0.15, -0.1) is 0 Å². The number of para-hydroxylation sites is 1. The number of benzene rings is 2. The summed E-state index contributed by atoms with van der Waals surface area (Å²) in [6.07, 6.45) is 0. The summed E-state index contributed by atoms with van der Waals surface area (Å²) in [5.41, 5.74) is 1.12. The Morgan fingerprint density at radius 1 is 1.36 bits per heavy atom. The lowest BCUT2D eigenvalue weighted by Gasteiger charge is -2.04. The molecule has 0 fully saturated rings. The Morgan fingerprint density at radius 2 is 2.18 bits per heavy atom. The highest BCUT2D eigenvalue weighted by Crippen LogP contribution is 2.32. The number of methoxy groups -OCH3 is 1. The van der Waals surface area contributed by atoms with E-state index in [4.69, 9.17) is 16.3 Å². The molecule has 22 heavy (non-hydrogen) atoms. The number of hydrogen-bond acceptors (Lipinski definition) is 4. The largest absolute Gasteiger partial charge is 0.494 e. The topological polar surface area (TPSA) is 51.2 Å². The monoisotopic (exact) mass is 396 g/mol. The molecule has 0 spiro atoms. The lowest BCUT2D eigenvalue weighted by Crippen LogP contribution is -2.12. The third kappa shape index (κ3) is 2.95. The fourth-order valence-electron chi connectivity index (χ4n) is 1.98. The van der Waals surface area contributed by atoms with Crippen molar-refractivity contribution in [2.75, 3.05) is 12.4 Å². The maximum absolute atomic E-state index is 12.3. The first kappa shape index (κ1) is 15.3. The van der Waals surface area contributed by atoms with Gasteiger partial charge in [-0.05, 0) is 30.3 Å². The van der Waals surface area contributed by atoms with Gasteiger partial charge < -0.3 is 4.74 Å². The van der Waals surface area contributed by atoms with Gasteiger partial charge in [0.1, 0.15) is 11.3 Å². The minimum Gasteiger partial charge on any atom is -0.494 e. The van der Waals surface area contributed by atoms with E-state index in [2.05, 4.69) is 26.2 Å². The van der Waals surface area contributed by atoms with Gasteiger partial charge in [-0.25, -0.2) is 4.98 Å². The molecule has 0 unspecified atom stereocenters. The van der Waals surface area contributed by atoms with E-state index in [-0.39, 0.29) is 5.91 Å². The molecule has 0 bridgehead atoms. The van der Waals surface area contributed by atoms with Crippen LogP contribution in [0.3, 0.4) is 0 Å². The number of nitrogens with zero attached hydrogens (tertiary/aromatic N) is 1. The molecule has 0 atom stereocenters. The highest BCUT2D eigenvalue weighted by molar-refractivity contribution is 9.10. The van der Waals surface area contributed by atoms with Crippen molar-refractivity contribution in [2.24, 2.45) is 0 Å². The number of nitrogens with one attached hydrogen (secondary N) is 1. The number of amides is 1. The van der Waals surface area contributed by atoms with Crippen molar-refractivity contribution in [1.29, 1.82) is 0 Å². The summed E-state index contributed by atoms with van der Waals surface area (Å²) in [7, 11) is 1.59. The quantitative estimate of drug-likeness (QED) is 0.678. The molecule has 1 N–H and O–H groups in total. The molecular formula is C15H10BrClN2O2S. The van der Waals surface area contributed by atoms with Crippen LogP contribution in [-0.2, 0) is 0 Å². The van der Waals surface area contributed by atoms with Crippen LogP contribution in [0.15, 0.2) is 40.9 Å². The van der Waals surface area contributed by atoms with Gasteiger partial charge in [0.05, 0.1) is 22.4 Å². The van der Waals surface area contributed by atoms with Gasteiger partial charge in [-0.3, -0.25) is 10.1 Å². The second kappa shape index (κ2) is 6.24. The van der Waals surface area contributed by atoms with Crippen molar-refractivity contribution in [3.05, 3.63) is 51.5 Å². The van der Waals surface area contributed by atoms with Crippen LogP contribution in [0.25, 0.3) is 10.2 Å². The molecule has 0 saturated heterocycles. The van der Waals surface area contributed by atoms with Crippen molar-refractivity contribution < 1.29 is 9.53 Å². The van der Waals surface area contributed by atoms with Crippen LogP contribution in [0.4, 0.5) is 5.13 Å². The van der Waals surface area contributed by atoms with E-state index in [9.17, 15) is 4.79 Å². The van der Waals surface area contributed by atoms with Gasteiger partial charge in [0.25, 0.3) is 5.91 Å². The molecule has 2 aromatic carbocycles. The van der Waals surface area contributed by atoms with Gasteiger partial charge in [-0.2, -0.15) is 0 Å². The fraction of sp³-hybridized carbons (Fsp3) is 0.0667. The smallest absolute Gasteiger partial charge is 0.258 e. The fourth-order valence-corrected chi connectivity index (χ4v) is 3.42. The minimum atomic E-state index is -0.302. The van der Waals surface area contributed by atoms with Gasteiger partial charge in [0, 0.05) is 4.47 Å². The maximum Gasteiger partial charge on any atom is 0.258 e. The predicted octanol–water partition coefficient (Wildman–Crippen LogP) is 4.97. The average molecular weight is 398 g/mol. The third-order valence-electron chi connectivity index (χ3n) is 3.00. The zero-order valence-electron chi connectivity index (χ0n) is 11.4. The molecule has 1 amide bonds. The Morgan fingerprint density at radius 3 is 2.95 bits per heavy atom. The number of aromatic nitrogens is 1. The number of carbonyl (C=O) groups is 1. The summed E-state index contributed by atoms with van der Waals surface area (Å²) >= 11 is 10.8. The first-order valence-corrected chi connectivity index (χ1v) is 8.27. The zero-order valence-corrected chi connectivity index (χ0v) is 14.6. The normalized spacial score (nSPS) is 10.7. The highest BCUT2D eigenvalue weighted by atomic mass is 79.9. The van der Waals surface area contributed by atoms with E-state index in [1.807, 2.05) is 18.2 Å². The van der Waals surface area contributed by atoms with Crippen LogP contribution >= 0.6 is 38.9 Å². The van der Waals surface area contributed by atoms with Crippen molar-refractivity contribution >= 4 is 60.1 Å². The number of hydrogen-bond donors (Lipinski definition) is 1. The zero-order chi connectivity index (χ0) is 15.7. The van der Waals surface area contributed by atoms with Crippen LogP contribution in [0.2, 0.25) is 5.02 Å². The first-order chi connectivity index (χ1) is 10.6. The predicted molar refractivity (Wildman–Crippen MR) is 93.3 cm³/mol. The molecule has 0 aliphatic heterocycles. The maximum atomic E-state index is 12.3. The van der Waals surface area contributed by atoms with E-state index >= 15 is 0 Å².